The van der Waals surface area contributed by atoms with Crippen LogP contribution in [-0.4, -0.2) is 25.9 Å². The van der Waals surface area contributed by atoms with E-state index >= 15 is 0 Å². The van der Waals surface area contributed by atoms with Crippen LogP contribution in [0.1, 0.15) is 17.3 Å². The molecule has 3 rings (SSSR count). The van der Waals surface area contributed by atoms with Crippen molar-refractivity contribution in [3.05, 3.63) is 83.6 Å². The van der Waals surface area contributed by atoms with E-state index in [-0.39, 0.29) is 22.0 Å². The number of benzene rings is 2. The summed E-state index contributed by atoms with van der Waals surface area (Å²) in [6, 6.07) is 16.1. The van der Waals surface area contributed by atoms with Gasteiger partial charge < -0.3 is 5.32 Å². The van der Waals surface area contributed by atoms with Gasteiger partial charge in [0.15, 0.2) is 0 Å². The monoisotopic (exact) mass is 415 g/mol. The van der Waals surface area contributed by atoms with Crippen LogP contribution < -0.4 is 9.62 Å². The first-order valence-electron chi connectivity index (χ1n) is 8.52. The molecule has 1 amide bonds. The highest BCUT2D eigenvalue weighted by Gasteiger charge is 2.25. The number of nitrogens with zero attached hydrogens (tertiary/aromatic N) is 2. The van der Waals surface area contributed by atoms with Crippen LogP contribution in [0, 0.1) is 0 Å². The topological polar surface area (TPSA) is 79.4 Å². The first-order valence-corrected chi connectivity index (χ1v) is 10.3. The van der Waals surface area contributed by atoms with Gasteiger partial charge in [-0.2, -0.15) is 0 Å². The second kappa shape index (κ2) is 8.41. The van der Waals surface area contributed by atoms with Crippen LogP contribution in [0.4, 0.5) is 11.4 Å². The molecule has 3 aromatic rings. The molecule has 1 aromatic heterocycles. The first-order chi connectivity index (χ1) is 13.4. The van der Waals surface area contributed by atoms with Crippen LogP contribution >= 0.6 is 11.6 Å². The molecular formula is C20H18ClN3O3S. The normalized spacial score (nSPS) is 11.1. The van der Waals surface area contributed by atoms with Crippen molar-refractivity contribution in [1.29, 1.82) is 0 Å². The zero-order chi connectivity index (χ0) is 20.1. The fraction of sp³-hybridized carbons (Fsp3) is 0.100. The summed E-state index contributed by atoms with van der Waals surface area (Å²) in [7, 11) is -3.87. The van der Waals surface area contributed by atoms with E-state index in [9.17, 15) is 13.2 Å². The molecular weight excluding hydrogens is 398 g/mol. The Morgan fingerprint density at radius 3 is 2.39 bits per heavy atom. The average molecular weight is 416 g/mol. The summed E-state index contributed by atoms with van der Waals surface area (Å²) in [5.74, 6) is -0.504. The molecule has 0 radical (unpaired) electrons. The zero-order valence-electron chi connectivity index (χ0n) is 15.0. The van der Waals surface area contributed by atoms with Crippen molar-refractivity contribution in [1.82, 2.24) is 4.98 Å². The molecule has 28 heavy (non-hydrogen) atoms. The second-order valence-electron chi connectivity index (χ2n) is 5.84. The third-order valence-corrected chi connectivity index (χ3v) is 6.27. The molecule has 0 atom stereocenters. The van der Waals surface area contributed by atoms with E-state index in [4.69, 9.17) is 11.6 Å². The van der Waals surface area contributed by atoms with Crippen LogP contribution in [-0.2, 0) is 10.0 Å². The lowest BCUT2D eigenvalue weighted by Gasteiger charge is -2.23. The van der Waals surface area contributed by atoms with E-state index in [1.807, 2.05) is 6.07 Å². The molecule has 6 nitrogen and oxygen atoms in total. The third kappa shape index (κ3) is 4.16. The molecule has 0 aliphatic heterocycles. The van der Waals surface area contributed by atoms with Crippen molar-refractivity contribution in [2.24, 2.45) is 0 Å². The molecule has 0 saturated carbocycles. The lowest BCUT2D eigenvalue weighted by molar-refractivity contribution is 0.102. The lowest BCUT2D eigenvalue weighted by atomic mass is 10.2. The number of amides is 1. The molecule has 0 fully saturated rings. The van der Waals surface area contributed by atoms with Crippen LogP contribution in [0.5, 0.6) is 0 Å². The van der Waals surface area contributed by atoms with Crippen LogP contribution in [0.2, 0.25) is 5.02 Å². The number of rotatable bonds is 6. The van der Waals surface area contributed by atoms with E-state index in [2.05, 4.69) is 10.3 Å². The van der Waals surface area contributed by atoms with Gasteiger partial charge in [-0.25, -0.2) is 8.42 Å². The summed E-state index contributed by atoms with van der Waals surface area (Å²) in [6.07, 6.45) is 3.08. The quantitative estimate of drug-likeness (QED) is 0.654. The molecule has 144 valence electrons. The Hall–Kier alpha value is -2.90. The lowest BCUT2D eigenvalue weighted by Crippen LogP contribution is -2.31. The van der Waals surface area contributed by atoms with Gasteiger partial charge >= 0.3 is 0 Å². The Morgan fingerprint density at radius 2 is 1.75 bits per heavy atom. The van der Waals surface area contributed by atoms with Gasteiger partial charge in [0, 0.05) is 24.6 Å². The zero-order valence-corrected chi connectivity index (χ0v) is 16.6. The summed E-state index contributed by atoms with van der Waals surface area (Å²) in [5, 5.41) is 2.84. The summed E-state index contributed by atoms with van der Waals surface area (Å²) in [4.78, 5) is 16.5. The van der Waals surface area contributed by atoms with E-state index in [1.165, 1.54) is 34.9 Å². The van der Waals surface area contributed by atoms with Crippen LogP contribution in [0.25, 0.3) is 0 Å². The third-order valence-electron chi connectivity index (χ3n) is 4.04. The van der Waals surface area contributed by atoms with Gasteiger partial charge in [-0.3, -0.25) is 14.1 Å². The Bertz CT molecular complexity index is 1070. The van der Waals surface area contributed by atoms with E-state index < -0.39 is 15.9 Å². The molecule has 0 spiro atoms. The summed E-state index contributed by atoms with van der Waals surface area (Å²) < 4.78 is 27.6. The number of sulfonamides is 1. The Kier molecular flexibility index (Phi) is 5.96. The highest BCUT2D eigenvalue weighted by Crippen LogP contribution is 2.27. The number of carbonyl (C=O) groups is 1. The summed E-state index contributed by atoms with van der Waals surface area (Å²) in [5.41, 5.74) is 1.15. The first kappa shape index (κ1) is 19.9. The number of para-hydroxylation sites is 1. The largest absolute Gasteiger partial charge is 0.322 e. The SMILES string of the molecule is CCN(c1ccccc1)S(=O)(=O)c1ccc(Cl)c(C(=O)Nc2ccncc2)c1. The highest BCUT2D eigenvalue weighted by molar-refractivity contribution is 7.92. The number of hydrogen-bond acceptors (Lipinski definition) is 4. The van der Waals surface area contributed by atoms with Crippen molar-refractivity contribution in [2.75, 3.05) is 16.2 Å². The maximum atomic E-state index is 13.2. The molecule has 0 saturated heterocycles. The van der Waals surface area contributed by atoms with E-state index in [1.54, 1.807) is 43.3 Å². The fourth-order valence-corrected chi connectivity index (χ4v) is 4.39. The number of hydrogen-bond donors (Lipinski definition) is 1. The number of nitrogens with one attached hydrogen (secondary N) is 1. The fourth-order valence-electron chi connectivity index (χ4n) is 2.69. The van der Waals surface area contributed by atoms with Crippen molar-refractivity contribution >= 4 is 38.9 Å². The molecule has 2 aromatic carbocycles. The molecule has 0 aliphatic rings. The minimum atomic E-state index is -3.87. The molecule has 0 bridgehead atoms. The molecule has 0 aliphatic carbocycles. The van der Waals surface area contributed by atoms with Crippen molar-refractivity contribution in [2.45, 2.75) is 11.8 Å². The van der Waals surface area contributed by atoms with Gasteiger partial charge in [0.1, 0.15) is 0 Å². The number of carbonyl (C=O) groups excluding carboxylic acids is 1. The Balaban J connectivity index is 1.96. The summed E-state index contributed by atoms with van der Waals surface area (Å²) in [6.45, 7) is 1.99. The maximum absolute atomic E-state index is 13.2. The minimum absolute atomic E-state index is 0.0116. The van der Waals surface area contributed by atoms with E-state index in [0.717, 1.165) is 0 Å². The van der Waals surface area contributed by atoms with Gasteiger partial charge in [0.2, 0.25) is 0 Å². The molecule has 1 N–H and O–H groups in total. The van der Waals surface area contributed by atoms with Crippen molar-refractivity contribution < 1.29 is 13.2 Å². The van der Waals surface area contributed by atoms with Gasteiger partial charge in [-0.15, -0.1) is 0 Å². The smallest absolute Gasteiger partial charge is 0.264 e. The van der Waals surface area contributed by atoms with Crippen LogP contribution in [0.15, 0.2) is 78.0 Å². The molecule has 0 unspecified atom stereocenters. The number of anilines is 2. The van der Waals surface area contributed by atoms with Gasteiger partial charge in [0.25, 0.3) is 15.9 Å². The van der Waals surface area contributed by atoms with Crippen molar-refractivity contribution in [3.8, 4) is 0 Å². The Labute approximate surface area is 168 Å². The van der Waals surface area contributed by atoms with Gasteiger partial charge in [0.05, 0.1) is 21.2 Å². The van der Waals surface area contributed by atoms with Gasteiger partial charge in [-0.1, -0.05) is 29.8 Å². The van der Waals surface area contributed by atoms with Crippen LogP contribution in [0.3, 0.4) is 0 Å². The number of halogens is 1. The maximum Gasteiger partial charge on any atom is 0.264 e. The molecule has 1 heterocycles. The number of aromatic nitrogens is 1. The Morgan fingerprint density at radius 1 is 1.07 bits per heavy atom. The standard InChI is InChI=1S/C20H18ClN3O3S/c1-2-24(16-6-4-3-5-7-16)28(26,27)17-8-9-19(21)18(14-17)20(25)23-15-10-12-22-13-11-15/h3-14H,2H2,1H3,(H,22,23,25). The van der Waals surface area contributed by atoms with E-state index in [0.29, 0.717) is 11.4 Å². The highest BCUT2D eigenvalue weighted by atomic mass is 35.5. The molecule has 8 heteroatoms. The second-order valence-corrected chi connectivity index (χ2v) is 8.11. The predicted molar refractivity (Wildman–Crippen MR) is 110 cm³/mol. The minimum Gasteiger partial charge on any atom is -0.322 e. The number of pyridine rings is 1. The predicted octanol–water partition coefficient (Wildman–Crippen LogP) is 4.20. The average Bonchev–Trinajstić information content (AvgIpc) is 2.70. The summed E-state index contributed by atoms with van der Waals surface area (Å²) >= 11 is 6.16. The van der Waals surface area contributed by atoms with Crippen molar-refractivity contribution in [3.63, 3.8) is 0 Å². The van der Waals surface area contributed by atoms with Gasteiger partial charge in [-0.05, 0) is 49.4 Å².